The van der Waals surface area contributed by atoms with Gasteiger partial charge in [-0.3, -0.25) is 0 Å². The first kappa shape index (κ1) is 18.7. The molecule has 0 aliphatic heterocycles. The van der Waals surface area contributed by atoms with Crippen molar-refractivity contribution in [2.75, 3.05) is 19.8 Å². The Morgan fingerprint density at radius 3 is 2.17 bits per heavy atom. The molecule has 0 bridgehead atoms. The number of benzene rings is 2. The molecule has 0 spiro atoms. The third-order valence-electron chi connectivity index (χ3n) is 3.58. The van der Waals surface area contributed by atoms with Gasteiger partial charge in [0, 0.05) is 16.1 Å². The minimum Gasteiger partial charge on any atom is -0.379 e. The SMILES string of the molecule is ClCc1ccccc1COCCOCCCc1ccccc1I. The highest BCUT2D eigenvalue weighted by Crippen LogP contribution is 2.14. The maximum absolute atomic E-state index is 5.91. The second-order valence-corrected chi connectivity index (χ2v) is 6.69. The minimum atomic E-state index is 0.522. The van der Waals surface area contributed by atoms with Crippen molar-refractivity contribution in [1.82, 2.24) is 0 Å². The average Bonchev–Trinajstić information content (AvgIpc) is 2.59. The molecule has 0 N–H and O–H groups in total. The van der Waals surface area contributed by atoms with E-state index in [4.69, 9.17) is 21.1 Å². The monoisotopic (exact) mass is 444 g/mol. The molecule has 0 radical (unpaired) electrons. The van der Waals surface area contributed by atoms with Crippen LogP contribution in [-0.4, -0.2) is 19.8 Å². The summed E-state index contributed by atoms with van der Waals surface area (Å²) in [6.45, 7) is 2.61. The van der Waals surface area contributed by atoms with Crippen LogP contribution in [-0.2, 0) is 28.4 Å². The Hall–Kier alpha value is -0.620. The Labute approximate surface area is 157 Å². The molecule has 0 unspecified atom stereocenters. The molecule has 0 aliphatic carbocycles. The van der Waals surface area contributed by atoms with E-state index in [-0.39, 0.29) is 0 Å². The maximum atomic E-state index is 5.91. The minimum absolute atomic E-state index is 0.522. The summed E-state index contributed by atoms with van der Waals surface area (Å²) >= 11 is 8.29. The summed E-state index contributed by atoms with van der Waals surface area (Å²) in [5, 5.41) is 0. The Morgan fingerprint density at radius 2 is 1.43 bits per heavy atom. The second kappa shape index (κ2) is 11.0. The van der Waals surface area contributed by atoms with Crippen molar-refractivity contribution in [2.45, 2.75) is 25.3 Å². The van der Waals surface area contributed by atoms with E-state index in [1.807, 2.05) is 18.2 Å². The molecule has 2 aromatic carbocycles. The number of rotatable bonds is 10. The summed E-state index contributed by atoms with van der Waals surface area (Å²) < 4.78 is 12.6. The quantitative estimate of drug-likeness (QED) is 0.285. The lowest BCUT2D eigenvalue weighted by Gasteiger charge is -2.09. The van der Waals surface area contributed by atoms with Gasteiger partial charge in [-0.25, -0.2) is 0 Å². The molecule has 2 rings (SSSR count). The third-order valence-corrected chi connectivity index (χ3v) is 4.92. The number of alkyl halides is 1. The fourth-order valence-electron chi connectivity index (χ4n) is 2.30. The summed E-state index contributed by atoms with van der Waals surface area (Å²) in [6.07, 6.45) is 2.10. The highest BCUT2D eigenvalue weighted by Gasteiger charge is 2.01. The lowest BCUT2D eigenvalue weighted by atomic mass is 10.1. The van der Waals surface area contributed by atoms with Gasteiger partial charge in [-0.1, -0.05) is 42.5 Å². The molecule has 0 saturated heterocycles. The highest BCUT2D eigenvalue weighted by atomic mass is 127. The molecule has 0 heterocycles. The number of ether oxygens (including phenoxy) is 2. The van der Waals surface area contributed by atoms with Gasteiger partial charge in [0.15, 0.2) is 0 Å². The Morgan fingerprint density at radius 1 is 0.783 bits per heavy atom. The van der Waals surface area contributed by atoms with Gasteiger partial charge in [0.1, 0.15) is 0 Å². The molecule has 0 aromatic heterocycles. The summed E-state index contributed by atoms with van der Waals surface area (Å²) in [5.74, 6) is 0.522. The van der Waals surface area contributed by atoms with Gasteiger partial charge in [0.2, 0.25) is 0 Å². The van der Waals surface area contributed by atoms with E-state index in [1.165, 1.54) is 9.13 Å². The van der Waals surface area contributed by atoms with Crippen LogP contribution in [0.3, 0.4) is 0 Å². The molecule has 0 amide bonds. The normalized spacial score (nSPS) is 10.9. The average molecular weight is 445 g/mol. The Bertz CT molecular complexity index is 589. The zero-order valence-electron chi connectivity index (χ0n) is 13.1. The first-order valence-corrected chi connectivity index (χ1v) is 9.44. The standard InChI is InChI=1S/C19H22ClIO2/c20-14-17-7-1-2-8-18(17)15-23-13-12-22-11-5-9-16-6-3-4-10-19(16)21/h1-4,6-8,10H,5,9,11-15H2. The molecule has 2 aromatic rings. The van der Waals surface area contributed by atoms with Gasteiger partial charge >= 0.3 is 0 Å². The van der Waals surface area contributed by atoms with Crippen molar-refractivity contribution in [3.63, 3.8) is 0 Å². The van der Waals surface area contributed by atoms with Crippen molar-refractivity contribution in [1.29, 1.82) is 0 Å². The predicted octanol–water partition coefficient (Wildman–Crippen LogP) is 5.20. The molecule has 2 nitrogen and oxygen atoms in total. The first-order valence-electron chi connectivity index (χ1n) is 7.83. The van der Waals surface area contributed by atoms with Crippen LogP contribution in [0.2, 0.25) is 0 Å². The lowest BCUT2D eigenvalue weighted by Crippen LogP contribution is -2.07. The zero-order chi connectivity index (χ0) is 16.3. The fraction of sp³-hybridized carbons (Fsp3) is 0.368. The zero-order valence-corrected chi connectivity index (χ0v) is 16.1. The van der Waals surface area contributed by atoms with E-state index < -0.39 is 0 Å². The van der Waals surface area contributed by atoms with Crippen LogP contribution in [0.1, 0.15) is 23.1 Å². The third kappa shape index (κ3) is 6.79. The van der Waals surface area contributed by atoms with Crippen LogP contribution in [0.4, 0.5) is 0 Å². The smallest absolute Gasteiger partial charge is 0.0721 e. The fourth-order valence-corrected chi connectivity index (χ4v) is 3.21. The van der Waals surface area contributed by atoms with Gasteiger partial charge in [-0.15, -0.1) is 11.6 Å². The van der Waals surface area contributed by atoms with Crippen molar-refractivity contribution < 1.29 is 9.47 Å². The summed E-state index contributed by atoms with van der Waals surface area (Å²) in [5.41, 5.74) is 3.68. The van der Waals surface area contributed by atoms with Crippen LogP contribution in [0, 0.1) is 3.57 Å². The van der Waals surface area contributed by atoms with Gasteiger partial charge in [0.25, 0.3) is 0 Å². The van der Waals surface area contributed by atoms with E-state index in [2.05, 4.69) is 52.9 Å². The topological polar surface area (TPSA) is 18.5 Å². The van der Waals surface area contributed by atoms with Crippen LogP contribution < -0.4 is 0 Å². The summed E-state index contributed by atoms with van der Waals surface area (Å²) in [7, 11) is 0. The van der Waals surface area contributed by atoms with Crippen LogP contribution in [0.15, 0.2) is 48.5 Å². The van der Waals surface area contributed by atoms with E-state index >= 15 is 0 Å². The molecule has 0 fully saturated rings. The van der Waals surface area contributed by atoms with Crippen LogP contribution in [0.5, 0.6) is 0 Å². The molecule has 23 heavy (non-hydrogen) atoms. The molecule has 0 atom stereocenters. The van der Waals surface area contributed by atoms with E-state index in [0.717, 1.165) is 30.6 Å². The van der Waals surface area contributed by atoms with Crippen LogP contribution >= 0.6 is 34.2 Å². The van der Waals surface area contributed by atoms with Crippen molar-refractivity contribution >= 4 is 34.2 Å². The Kier molecular flexibility index (Phi) is 8.97. The van der Waals surface area contributed by atoms with E-state index in [0.29, 0.717) is 25.7 Å². The van der Waals surface area contributed by atoms with E-state index in [9.17, 15) is 0 Å². The summed E-state index contributed by atoms with van der Waals surface area (Å²) in [4.78, 5) is 0. The molecule has 4 heteroatoms. The largest absolute Gasteiger partial charge is 0.379 e. The predicted molar refractivity (Wildman–Crippen MR) is 104 cm³/mol. The molecular weight excluding hydrogens is 423 g/mol. The number of aryl methyl sites for hydroxylation is 1. The molecule has 0 aliphatic rings. The molecule has 124 valence electrons. The van der Waals surface area contributed by atoms with Crippen molar-refractivity contribution in [3.05, 3.63) is 68.8 Å². The lowest BCUT2D eigenvalue weighted by molar-refractivity contribution is 0.0397. The van der Waals surface area contributed by atoms with Crippen molar-refractivity contribution in [3.8, 4) is 0 Å². The number of hydrogen-bond donors (Lipinski definition) is 0. The number of halogens is 2. The first-order chi connectivity index (χ1) is 11.3. The van der Waals surface area contributed by atoms with Crippen LogP contribution in [0.25, 0.3) is 0 Å². The second-order valence-electron chi connectivity index (χ2n) is 5.26. The van der Waals surface area contributed by atoms with Gasteiger partial charge in [0.05, 0.1) is 19.8 Å². The van der Waals surface area contributed by atoms with Gasteiger partial charge in [-0.05, 0) is 58.2 Å². The molecular formula is C19H22ClIO2. The van der Waals surface area contributed by atoms with E-state index in [1.54, 1.807) is 0 Å². The highest BCUT2D eigenvalue weighted by molar-refractivity contribution is 14.1. The number of hydrogen-bond acceptors (Lipinski definition) is 2. The Balaban J connectivity index is 1.54. The van der Waals surface area contributed by atoms with Crippen molar-refractivity contribution in [2.24, 2.45) is 0 Å². The van der Waals surface area contributed by atoms with Gasteiger partial charge < -0.3 is 9.47 Å². The summed E-state index contributed by atoms with van der Waals surface area (Å²) in [6, 6.07) is 16.6. The maximum Gasteiger partial charge on any atom is 0.0721 e. The van der Waals surface area contributed by atoms with Gasteiger partial charge in [-0.2, -0.15) is 0 Å². The molecule has 0 saturated carbocycles.